The van der Waals surface area contributed by atoms with E-state index < -0.39 is 6.04 Å². The monoisotopic (exact) mass is 400 g/mol. The van der Waals surface area contributed by atoms with E-state index in [9.17, 15) is 9.59 Å². The van der Waals surface area contributed by atoms with Gasteiger partial charge < -0.3 is 15.0 Å². The number of likely N-dealkylation sites (N-methyl/N-ethyl adjacent to an activating group) is 1. The second-order valence-electron chi connectivity index (χ2n) is 6.45. The summed E-state index contributed by atoms with van der Waals surface area (Å²) in [5, 5.41) is 2.63. The van der Waals surface area contributed by atoms with Gasteiger partial charge in [-0.3, -0.25) is 9.59 Å². The maximum absolute atomic E-state index is 12.9. The first-order valence-electron chi connectivity index (χ1n) is 9.30. The lowest BCUT2D eigenvalue weighted by Gasteiger charge is -2.28. The van der Waals surface area contributed by atoms with Crippen molar-refractivity contribution >= 4 is 23.6 Å². The van der Waals surface area contributed by atoms with Gasteiger partial charge in [-0.1, -0.05) is 42.5 Å². The molecule has 2 amide bonds. The maximum atomic E-state index is 12.9. The first kappa shape index (κ1) is 21.8. The Labute approximate surface area is 171 Å². The van der Waals surface area contributed by atoms with Gasteiger partial charge in [0.2, 0.25) is 11.8 Å². The van der Waals surface area contributed by atoms with Crippen LogP contribution in [-0.2, 0) is 21.9 Å². The molecule has 0 aliphatic carbocycles. The number of nitrogens with one attached hydrogen (secondary N) is 1. The minimum atomic E-state index is -0.529. The fourth-order valence-corrected chi connectivity index (χ4v) is 3.68. The maximum Gasteiger partial charge on any atom is 0.242 e. The summed E-state index contributed by atoms with van der Waals surface area (Å²) < 4.78 is 5.18. The van der Waals surface area contributed by atoms with Crippen LogP contribution in [0.25, 0.3) is 0 Å². The number of ether oxygens (including phenoxy) is 1. The second kappa shape index (κ2) is 11.4. The quantitative estimate of drug-likeness (QED) is 0.621. The van der Waals surface area contributed by atoms with Crippen molar-refractivity contribution in [3.8, 4) is 5.75 Å². The van der Waals surface area contributed by atoms with Gasteiger partial charge in [0.1, 0.15) is 11.8 Å². The van der Waals surface area contributed by atoms with Crippen molar-refractivity contribution in [2.24, 2.45) is 0 Å². The number of amides is 2. The van der Waals surface area contributed by atoms with E-state index in [2.05, 4.69) is 17.4 Å². The van der Waals surface area contributed by atoms with E-state index in [1.165, 1.54) is 5.56 Å². The van der Waals surface area contributed by atoms with Gasteiger partial charge in [-0.05, 0) is 30.2 Å². The Balaban J connectivity index is 1.96. The first-order valence-corrected chi connectivity index (χ1v) is 10.5. The lowest BCUT2D eigenvalue weighted by atomic mass is 10.1. The summed E-state index contributed by atoms with van der Waals surface area (Å²) >= 11 is 1.72. The van der Waals surface area contributed by atoms with Gasteiger partial charge >= 0.3 is 0 Å². The molecule has 0 saturated heterocycles. The molecule has 0 radical (unpaired) electrons. The number of benzene rings is 2. The van der Waals surface area contributed by atoms with Crippen LogP contribution in [0.2, 0.25) is 0 Å². The van der Waals surface area contributed by atoms with E-state index in [1.54, 1.807) is 37.7 Å². The van der Waals surface area contributed by atoms with Crippen LogP contribution < -0.4 is 10.1 Å². The van der Waals surface area contributed by atoms with Crippen molar-refractivity contribution < 1.29 is 14.3 Å². The molecular weight excluding hydrogens is 372 g/mol. The number of carbonyl (C=O) groups excluding carboxylic acids is 2. The molecule has 2 aromatic carbocycles. The van der Waals surface area contributed by atoms with Crippen molar-refractivity contribution in [1.82, 2.24) is 10.2 Å². The van der Waals surface area contributed by atoms with Gasteiger partial charge in [0.05, 0.1) is 7.11 Å². The zero-order chi connectivity index (χ0) is 20.4. The van der Waals surface area contributed by atoms with Crippen LogP contribution in [0.1, 0.15) is 24.5 Å². The minimum Gasteiger partial charge on any atom is -0.497 e. The average molecular weight is 401 g/mol. The molecule has 0 saturated carbocycles. The molecule has 2 rings (SSSR count). The third-order valence-corrected chi connectivity index (χ3v) is 5.53. The molecule has 28 heavy (non-hydrogen) atoms. The Morgan fingerprint density at radius 2 is 1.75 bits per heavy atom. The Bertz CT molecular complexity index is 750. The summed E-state index contributed by atoms with van der Waals surface area (Å²) in [6, 6.07) is 17.2. The number of thioether (sulfide) groups is 1. The fourth-order valence-electron chi connectivity index (χ4n) is 2.79. The highest BCUT2D eigenvalue weighted by atomic mass is 32.2. The van der Waals surface area contributed by atoms with Crippen LogP contribution in [-0.4, -0.2) is 42.7 Å². The van der Waals surface area contributed by atoms with Gasteiger partial charge in [-0.15, -0.1) is 0 Å². The number of hydrogen-bond donors (Lipinski definition) is 1. The van der Waals surface area contributed by atoms with Crippen LogP contribution >= 0.6 is 11.8 Å². The lowest BCUT2D eigenvalue weighted by Crippen LogP contribution is -2.46. The van der Waals surface area contributed by atoms with Gasteiger partial charge in [-0.2, -0.15) is 11.8 Å². The predicted molar refractivity (Wildman–Crippen MR) is 114 cm³/mol. The number of carbonyl (C=O) groups is 2. The Morgan fingerprint density at radius 3 is 2.36 bits per heavy atom. The largest absolute Gasteiger partial charge is 0.497 e. The summed E-state index contributed by atoms with van der Waals surface area (Å²) in [7, 11) is 3.20. The summed E-state index contributed by atoms with van der Waals surface area (Å²) in [4.78, 5) is 26.6. The first-order chi connectivity index (χ1) is 13.5. The zero-order valence-corrected chi connectivity index (χ0v) is 17.5. The average Bonchev–Trinajstić information content (AvgIpc) is 2.75. The van der Waals surface area contributed by atoms with Crippen molar-refractivity contribution in [3.05, 3.63) is 65.7 Å². The molecule has 0 aromatic heterocycles. The van der Waals surface area contributed by atoms with E-state index in [4.69, 9.17) is 4.74 Å². The predicted octanol–water partition coefficient (Wildman–Crippen LogP) is 3.48. The molecule has 0 fully saturated rings. The highest BCUT2D eigenvalue weighted by Crippen LogP contribution is 2.17. The number of nitrogens with zero attached hydrogens (tertiary/aromatic N) is 1. The highest BCUT2D eigenvalue weighted by molar-refractivity contribution is 7.98. The van der Waals surface area contributed by atoms with Crippen LogP contribution in [0.3, 0.4) is 0 Å². The van der Waals surface area contributed by atoms with E-state index in [1.807, 2.05) is 42.5 Å². The number of rotatable bonds is 10. The number of methoxy groups -OCH3 is 1. The molecular formula is C22H28N2O3S. The Morgan fingerprint density at radius 1 is 1.07 bits per heavy atom. The molecule has 1 atom stereocenters. The molecule has 0 aliphatic heterocycles. The molecule has 0 spiro atoms. The third-order valence-electron chi connectivity index (χ3n) is 4.50. The van der Waals surface area contributed by atoms with E-state index in [0.29, 0.717) is 18.7 Å². The summed E-state index contributed by atoms with van der Waals surface area (Å²) in [5.74, 6) is 2.16. The van der Waals surface area contributed by atoms with Crippen LogP contribution in [0.15, 0.2) is 54.6 Å². The molecule has 0 heterocycles. The topological polar surface area (TPSA) is 58.6 Å². The minimum absolute atomic E-state index is 0.0209. The highest BCUT2D eigenvalue weighted by Gasteiger charge is 2.25. The molecule has 1 N–H and O–H groups in total. The van der Waals surface area contributed by atoms with Crippen LogP contribution in [0.5, 0.6) is 5.75 Å². The molecule has 150 valence electrons. The second-order valence-corrected chi connectivity index (χ2v) is 7.55. The summed E-state index contributed by atoms with van der Waals surface area (Å²) in [6.45, 7) is 2.15. The lowest BCUT2D eigenvalue weighted by molar-refractivity contribution is -0.140. The Kier molecular flexibility index (Phi) is 8.88. The SMILES string of the molecule is CNC(=O)[C@H](C)N(Cc1ccc(OC)cc1)C(=O)CCSCc1ccccc1. The van der Waals surface area contributed by atoms with Crippen molar-refractivity contribution in [1.29, 1.82) is 0 Å². The van der Waals surface area contributed by atoms with Crippen LogP contribution in [0.4, 0.5) is 0 Å². The van der Waals surface area contributed by atoms with Crippen LogP contribution in [0, 0.1) is 0 Å². The summed E-state index contributed by atoms with van der Waals surface area (Å²) in [5.41, 5.74) is 2.20. The standard InChI is InChI=1S/C22H28N2O3S/c1-17(22(26)23-2)24(15-18-9-11-20(27-3)12-10-18)21(25)13-14-28-16-19-7-5-4-6-8-19/h4-12,17H,13-16H2,1-3H3,(H,23,26)/t17-/m0/s1. The van der Waals surface area contributed by atoms with Gasteiger partial charge in [0.15, 0.2) is 0 Å². The van der Waals surface area contributed by atoms with E-state index >= 15 is 0 Å². The third kappa shape index (κ3) is 6.60. The van der Waals surface area contributed by atoms with Gasteiger partial charge in [-0.25, -0.2) is 0 Å². The zero-order valence-electron chi connectivity index (χ0n) is 16.7. The normalized spacial score (nSPS) is 11.5. The van der Waals surface area contributed by atoms with E-state index in [-0.39, 0.29) is 11.8 Å². The summed E-state index contributed by atoms with van der Waals surface area (Å²) in [6.07, 6.45) is 0.398. The van der Waals surface area contributed by atoms with Crippen molar-refractivity contribution in [2.75, 3.05) is 19.9 Å². The number of hydrogen-bond acceptors (Lipinski definition) is 4. The fraction of sp³-hybridized carbons (Fsp3) is 0.364. The molecule has 0 unspecified atom stereocenters. The Hall–Kier alpha value is -2.47. The molecule has 5 nitrogen and oxygen atoms in total. The van der Waals surface area contributed by atoms with Gasteiger partial charge in [0, 0.05) is 31.5 Å². The molecule has 0 bridgehead atoms. The van der Waals surface area contributed by atoms with Gasteiger partial charge in [0.25, 0.3) is 0 Å². The smallest absolute Gasteiger partial charge is 0.242 e. The molecule has 2 aromatic rings. The van der Waals surface area contributed by atoms with Crippen molar-refractivity contribution in [3.63, 3.8) is 0 Å². The van der Waals surface area contributed by atoms with E-state index in [0.717, 1.165) is 17.1 Å². The van der Waals surface area contributed by atoms with Crippen molar-refractivity contribution in [2.45, 2.75) is 31.7 Å². The molecule has 0 aliphatic rings. The molecule has 6 heteroatoms.